The van der Waals surface area contributed by atoms with Crippen molar-refractivity contribution in [2.24, 2.45) is 15.0 Å². The molecule has 10 aromatic rings. The maximum atomic E-state index is 6.26. The van der Waals surface area contributed by atoms with E-state index in [-0.39, 0.29) is 0 Å². The van der Waals surface area contributed by atoms with Gasteiger partial charge in [0, 0.05) is 38.1 Å². The third-order valence-corrected chi connectivity index (χ3v) is 10.4. The molecule has 5 nitrogen and oxygen atoms in total. The van der Waals surface area contributed by atoms with Crippen LogP contribution in [0.1, 0.15) is 16.7 Å². The fourth-order valence-electron chi connectivity index (χ4n) is 7.80. The van der Waals surface area contributed by atoms with E-state index in [0.29, 0.717) is 18.2 Å². The number of para-hydroxylation sites is 2. The topological polar surface area (TPSA) is 55.1 Å². The summed E-state index contributed by atoms with van der Waals surface area (Å²) in [6.45, 7) is 4.35. The Morgan fingerprint density at radius 2 is 1.13 bits per heavy atom. The van der Waals surface area contributed by atoms with Gasteiger partial charge in [0.2, 0.25) is 0 Å². The molecule has 5 heteroatoms. The molecule has 0 N–H and O–H groups in total. The van der Waals surface area contributed by atoms with Crippen molar-refractivity contribution in [1.82, 2.24) is 4.57 Å². The van der Waals surface area contributed by atoms with Crippen molar-refractivity contribution >= 4 is 72.9 Å². The number of fused-ring (bicyclic) bond motifs is 7. The molecule has 10 rings (SSSR count). The fourth-order valence-corrected chi connectivity index (χ4v) is 7.80. The molecule has 8 aromatic carbocycles. The Morgan fingerprint density at radius 1 is 0.491 bits per heavy atom. The van der Waals surface area contributed by atoms with E-state index in [2.05, 4.69) is 138 Å². The highest BCUT2D eigenvalue weighted by Crippen LogP contribution is 2.39. The highest BCUT2D eigenvalue weighted by molar-refractivity contribution is 6.19. The van der Waals surface area contributed by atoms with Crippen LogP contribution in [0.25, 0.3) is 71.3 Å². The van der Waals surface area contributed by atoms with Gasteiger partial charge >= 0.3 is 0 Å². The van der Waals surface area contributed by atoms with Crippen molar-refractivity contribution in [2.45, 2.75) is 6.54 Å². The van der Waals surface area contributed by atoms with Crippen LogP contribution in [0.4, 0.5) is 0 Å². The van der Waals surface area contributed by atoms with Gasteiger partial charge in [-0.2, -0.15) is 0 Å². The zero-order valence-electron chi connectivity index (χ0n) is 29.9. The summed E-state index contributed by atoms with van der Waals surface area (Å²) >= 11 is 0. The largest absolute Gasteiger partial charge is 0.456 e. The van der Waals surface area contributed by atoms with Crippen LogP contribution in [0.2, 0.25) is 0 Å². The Morgan fingerprint density at radius 3 is 1.95 bits per heavy atom. The van der Waals surface area contributed by atoms with E-state index in [0.717, 1.165) is 77.2 Å². The Labute approximate surface area is 317 Å². The molecule has 0 bridgehead atoms. The molecule has 0 aliphatic carbocycles. The smallest absolute Gasteiger partial charge is 0.161 e. The second-order valence-corrected chi connectivity index (χ2v) is 13.7. The van der Waals surface area contributed by atoms with Gasteiger partial charge in [-0.25, -0.2) is 9.98 Å². The minimum Gasteiger partial charge on any atom is -0.456 e. The Bertz CT molecular complexity index is 3130. The van der Waals surface area contributed by atoms with Crippen molar-refractivity contribution < 1.29 is 4.42 Å². The second kappa shape index (κ2) is 13.6. The molecule has 0 saturated carbocycles. The zero-order chi connectivity index (χ0) is 36.7. The first-order valence-electron chi connectivity index (χ1n) is 18.4. The van der Waals surface area contributed by atoms with Crippen LogP contribution in [0, 0.1) is 0 Å². The number of furan rings is 1. The maximum absolute atomic E-state index is 6.26. The zero-order valence-corrected chi connectivity index (χ0v) is 29.9. The lowest BCUT2D eigenvalue weighted by Gasteiger charge is -2.15. The van der Waals surface area contributed by atoms with E-state index >= 15 is 0 Å². The summed E-state index contributed by atoms with van der Waals surface area (Å²) in [5.74, 6) is 1.13. The number of benzene rings is 8. The van der Waals surface area contributed by atoms with E-state index in [9.17, 15) is 0 Å². The van der Waals surface area contributed by atoms with Gasteiger partial charge in [-0.1, -0.05) is 133 Å². The Balaban J connectivity index is 1.14. The van der Waals surface area contributed by atoms with E-state index in [4.69, 9.17) is 14.4 Å². The molecule has 0 atom stereocenters. The average Bonchev–Trinajstić information content (AvgIpc) is 3.79. The van der Waals surface area contributed by atoms with Gasteiger partial charge in [-0.05, 0) is 77.3 Å². The van der Waals surface area contributed by atoms with Crippen LogP contribution in [0.5, 0.6) is 0 Å². The summed E-state index contributed by atoms with van der Waals surface area (Å²) in [7, 11) is 0. The summed E-state index contributed by atoms with van der Waals surface area (Å²) in [4.78, 5) is 14.6. The van der Waals surface area contributed by atoms with Gasteiger partial charge in [0.15, 0.2) is 11.7 Å². The first kappa shape index (κ1) is 32.3. The number of aliphatic imine (C=N–C) groups is 3. The summed E-state index contributed by atoms with van der Waals surface area (Å²) in [5, 5.41) is 6.78. The maximum Gasteiger partial charge on any atom is 0.161 e. The first-order chi connectivity index (χ1) is 27.2. The summed E-state index contributed by atoms with van der Waals surface area (Å²) in [6, 6.07) is 63.2. The minimum absolute atomic E-state index is 0.480. The molecule has 0 radical (unpaired) electrons. The Hall–Kier alpha value is -7.37. The normalized spacial score (nSPS) is 12.4. The number of aromatic nitrogens is 1. The molecule has 55 heavy (non-hydrogen) atoms. The lowest BCUT2D eigenvalue weighted by Crippen LogP contribution is -2.07. The van der Waals surface area contributed by atoms with Gasteiger partial charge < -0.3 is 8.98 Å². The van der Waals surface area contributed by atoms with Gasteiger partial charge in [0.25, 0.3) is 0 Å². The molecule has 0 aliphatic rings. The lowest BCUT2D eigenvalue weighted by molar-refractivity contribution is 0.669. The lowest BCUT2D eigenvalue weighted by atomic mass is 10.0. The minimum atomic E-state index is 0.480. The van der Waals surface area contributed by atoms with E-state index in [1.807, 2.05) is 60.7 Å². The molecule has 2 heterocycles. The van der Waals surface area contributed by atoms with Crippen LogP contribution in [0.3, 0.4) is 0 Å². The SMILES string of the molecule is C=NC(=NC(=NCc1ccccc1)c1ccc(-n2c3ccccc3c3cc(-c4ccc5c(c4)oc4ccccc45)ccc32)c2ccccc12)c1ccccc1. The monoisotopic (exact) mass is 706 g/mol. The quantitative estimate of drug-likeness (QED) is 0.125. The van der Waals surface area contributed by atoms with Crippen LogP contribution in [0.15, 0.2) is 201 Å². The highest BCUT2D eigenvalue weighted by Gasteiger charge is 2.18. The third kappa shape index (κ3) is 5.70. The Kier molecular flexibility index (Phi) is 7.96. The van der Waals surface area contributed by atoms with Gasteiger partial charge in [-0.15, -0.1) is 0 Å². The number of nitrogens with zero attached hydrogens (tertiary/aromatic N) is 4. The molecule has 0 saturated heterocycles. The first-order valence-corrected chi connectivity index (χ1v) is 18.4. The van der Waals surface area contributed by atoms with Gasteiger partial charge in [0.1, 0.15) is 11.2 Å². The predicted molar refractivity (Wildman–Crippen MR) is 230 cm³/mol. The second-order valence-electron chi connectivity index (χ2n) is 13.7. The highest BCUT2D eigenvalue weighted by atomic mass is 16.3. The van der Waals surface area contributed by atoms with E-state index in [1.165, 1.54) is 10.8 Å². The molecule has 0 amide bonds. The molecular formula is C50H34N4O. The molecule has 0 unspecified atom stereocenters. The van der Waals surface area contributed by atoms with E-state index in [1.54, 1.807) is 0 Å². The van der Waals surface area contributed by atoms with Crippen LogP contribution in [-0.2, 0) is 6.54 Å². The van der Waals surface area contributed by atoms with Crippen LogP contribution < -0.4 is 0 Å². The molecule has 0 aliphatic heterocycles. The van der Waals surface area contributed by atoms with Crippen molar-refractivity contribution in [3.8, 4) is 16.8 Å². The standard InChI is InChI=1S/C50H34N4O/c1-51-49(34-16-6-3-7-17-34)53-50(52-32-33-14-4-2-5-15-33)42-27-29-45(38-19-9-8-18-37(38)42)54-44-22-12-10-20-39(44)43-30-35(25-28-46(43)54)36-24-26-41-40-21-11-13-23-47(40)55-48(41)31-36/h2-31H,1,32H2. The number of amidine groups is 2. The van der Waals surface area contributed by atoms with Crippen molar-refractivity contribution in [3.63, 3.8) is 0 Å². The van der Waals surface area contributed by atoms with Crippen LogP contribution in [-0.4, -0.2) is 23.0 Å². The number of rotatable bonds is 6. The van der Waals surface area contributed by atoms with E-state index < -0.39 is 0 Å². The predicted octanol–water partition coefficient (Wildman–Crippen LogP) is 12.6. The summed E-state index contributed by atoms with van der Waals surface area (Å²) < 4.78 is 8.64. The molecule has 0 spiro atoms. The average molecular weight is 707 g/mol. The molecule has 2 aromatic heterocycles. The molecule has 260 valence electrons. The van der Waals surface area contributed by atoms with Crippen molar-refractivity contribution in [3.05, 3.63) is 199 Å². The van der Waals surface area contributed by atoms with Gasteiger partial charge in [-0.3, -0.25) is 4.99 Å². The number of hydrogen-bond donors (Lipinski definition) is 0. The third-order valence-electron chi connectivity index (χ3n) is 10.4. The van der Waals surface area contributed by atoms with Crippen LogP contribution >= 0.6 is 0 Å². The van der Waals surface area contributed by atoms with Crippen molar-refractivity contribution in [1.29, 1.82) is 0 Å². The van der Waals surface area contributed by atoms with Gasteiger partial charge in [0.05, 0.1) is 23.3 Å². The fraction of sp³-hybridized carbons (Fsp3) is 0.0200. The molecule has 0 fully saturated rings. The summed E-state index contributed by atoms with van der Waals surface area (Å²) in [5.41, 5.74) is 10.3. The summed E-state index contributed by atoms with van der Waals surface area (Å²) in [6.07, 6.45) is 0. The van der Waals surface area contributed by atoms with Crippen molar-refractivity contribution in [2.75, 3.05) is 0 Å². The molecular weight excluding hydrogens is 673 g/mol. The number of hydrogen-bond acceptors (Lipinski definition) is 2.